The van der Waals surface area contributed by atoms with Gasteiger partial charge in [0.2, 0.25) is 21.8 Å². The highest BCUT2D eigenvalue weighted by molar-refractivity contribution is 7.99. The van der Waals surface area contributed by atoms with Crippen LogP contribution in [0.1, 0.15) is 12.5 Å². The number of rotatable bonds is 7. The molecule has 0 unspecified atom stereocenters. The van der Waals surface area contributed by atoms with Gasteiger partial charge < -0.3 is 19.7 Å². The Morgan fingerprint density at radius 1 is 1.20 bits per heavy atom. The minimum absolute atomic E-state index is 0.0999. The Morgan fingerprint density at radius 2 is 1.97 bits per heavy atom. The van der Waals surface area contributed by atoms with E-state index in [2.05, 4.69) is 5.32 Å². The number of hydrogen-bond donors (Lipinski definition) is 1. The second-order valence-electron chi connectivity index (χ2n) is 8.41. The van der Waals surface area contributed by atoms with Gasteiger partial charge in [0.25, 0.3) is 0 Å². The molecule has 9 nitrogen and oxygen atoms in total. The van der Waals surface area contributed by atoms with Crippen LogP contribution in [0.3, 0.4) is 0 Å². The summed E-state index contributed by atoms with van der Waals surface area (Å²) in [6.45, 7) is 3.13. The van der Waals surface area contributed by atoms with Crippen LogP contribution in [0.15, 0.2) is 52.3 Å². The van der Waals surface area contributed by atoms with E-state index in [1.165, 1.54) is 27.0 Å². The number of anilines is 1. The Hall–Kier alpha value is -2.60. The smallest absolute Gasteiger partial charge is 0.243 e. The van der Waals surface area contributed by atoms with E-state index in [-0.39, 0.29) is 48.8 Å². The van der Waals surface area contributed by atoms with Crippen molar-refractivity contribution < 1.29 is 27.5 Å². The van der Waals surface area contributed by atoms with E-state index >= 15 is 0 Å². The van der Waals surface area contributed by atoms with E-state index in [9.17, 15) is 18.0 Å². The van der Waals surface area contributed by atoms with Gasteiger partial charge in [-0.2, -0.15) is 4.31 Å². The fraction of sp³-hybridized carbons (Fsp3) is 0.417. The summed E-state index contributed by atoms with van der Waals surface area (Å²) in [6.07, 6.45) is 0. The second kappa shape index (κ2) is 11.0. The molecule has 1 saturated heterocycles. The standard InChI is InChI=1S/C24H29N3O6S2/c1-17-16-34-22-7-6-20(35(30,31)26-8-10-33-11-9-26)13-21(22)27(24(17)29)15-23(28)25-14-18-4-3-5-19(12-18)32-2/h3-7,12-13,17H,8-11,14-16H2,1-2H3,(H,25,28)/t17-/m1/s1. The minimum Gasteiger partial charge on any atom is -0.497 e. The van der Waals surface area contributed by atoms with E-state index in [0.29, 0.717) is 30.4 Å². The predicted octanol–water partition coefficient (Wildman–Crippen LogP) is 2.11. The molecule has 2 aliphatic rings. The SMILES string of the molecule is COc1cccc(CNC(=O)CN2C(=O)[C@H](C)CSc3ccc(S(=O)(=O)N4CCOCC4)cc32)c1. The molecule has 0 aliphatic carbocycles. The van der Waals surface area contributed by atoms with Crippen molar-refractivity contribution in [2.75, 3.05) is 50.6 Å². The third-order valence-electron chi connectivity index (χ3n) is 5.93. The topological polar surface area (TPSA) is 105 Å². The lowest BCUT2D eigenvalue weighted by Crippen LogP contribution is -2.43. The van der Waals surface area contributed by atoms with Crippen molar-refractivity contribution in [2.24, 2.45) is 5.92 Å². The van der Waals surface area contributed by atoms with E-state index in [1.807, 2.05) is 31.2 Å². The number of amides is 2. The van der Waals surface area contributed by atoms with Gasteiger partial charge in [0.05, 0.1) is 30.9 Å². The van der Waals surface area contributed by atoms with Gasteiger partial charge in [0.1, 0.15) is 12.3 Å². The van der Waals surface area contributed by atoms with Gasteiger partial charge in [-0.25, -0.2) is 8.42 Å². The van der Waals surface area contributed by atoms with Crippen molar-refractivity contribution in [3.8, 4) is 5.75 Å². The van der Waals surface area contributed by atoms with Crippen LogP contribution in [0, 0.1) is 5.92 Å². The number of carbonyl (C=O) groups is 2. The molecule has 4 rings (SSSR count). The maximum atomic E-state index is 13.2. The summed E-state index contributed by atoms with van der Waals surface area (Å²) in [5.74, 6) is 0.357. The molecule has 11 heteroatoms. The number of hydrogen-bond acceptors (Lipinski definition) is 7. The minimum atomic E-state index is -3.75. The molecular formula is C24H29N3O6S2. The third-order valence-corrected chi connectivity index (χ3v) is 9.15. The summed E-state index contributed by atoms with van der Waals surface area (Å²) < 4.78 is 38.3. The first-order chi connectivity index (χ1) is 16.8. The van der Waals surface area contributed by atoms with Crippen molar-refractivity contribution in [3.05, 3.63) is 48.0 Å². The number of thioether (sulfide) groups is 1. The Bertz CT molecular complexity index is 1200. The first-order valence-corrected chi connectivity index (χ1v) is 13.8. The Kier molecular flexibility index (Phi) is 8.00. The van der Waals surface area contributed by atoms with E-state index in [1.54, 1.807) is 19.2 Å². The lowest BCUT2D eigenvalue weighted by molar-refractivity contribution is -0.125. The number of nitrogens with zero attached hydrogens (tertiary/aromatic N) is 2. The molecule has 2 aromatic rings. The molecule has 2 amide bonds. The monoisotopic (exact) mass is 519 g/mol. The molecule has 1 atom stereocenters. The number of ether oxygens (including phenoxy) is 2. The summed E-state index contributed by atoms with van der Waals surface area (Å²) >= 11 is 1.48. The average Bonchev–Trinajstić information content (AvgIpc) is 3.00. The Balaban J connectivity index is 1.57. The fourth-order valence-corrected chi connectivity index (χ4v) is 6.43. The van der Waals surface area contributed by atoms with Crippen molar-refractivity contribution >= 4 is 39.3 Å². The van der Waals surface area contributed by atoms with Gasteiger partial charge in [-0.15, -0.1) is 11.8 Å². The van der Waals surface area contributed by atoms with Crippen LogP contribution in [-0.4, -0.2) is 70.2 Å². The lowest BCUT2D eigenvalue weighted by atomic mass is 10.1. The molecule has 188 valence electrons. The maximum Gasteiger partial charge on any atom is 0.243 e. The zero-order chi connectivity index (χ0) is 25.0. The van der Waals surface area contributed by atoms with E-state index in [0.717, 1.165) is 10.5 Å². The van der Waals surface area contributed by atoms with Crippen LogP contribution in [0.5, 0.6) is 5.75 Å². The van der Waals surface area contributed by atoms with Crippen molar-refractivity contribution in [2.45, 2.75) is 23.3 Å². The van der Waals surface area contributed by atoms with Crippen molar-refractivity contribution in [3.63, 3.8) is 0 Å². The molecule has 0 bridgehead atoms. The van der Waals surface area contributed by atoms with Gasteiger partial charge in [-0.1, -0.05) is 19.1 Å². The van der Waals surface area contributed by atoms with Crippen LogP contribution in [-0.2, 0) is 30.9 Å². The van der Waals surface area contributed by atoms with Gasteiger partial charge in [-0.05, 0) is 35.9 Å². The first kappa shape index (κ1) is 25.5. The number of nitrogens with one attached hydrogen (secondary N) is 1. The quantitative estimate of drug-likeness (QED) is 0.597. The summed E-state index contributed by atoms with van der Waals surface area (Å²) in [5, 5.41) is 2.85. The second-order valence-corrected chi connectivity index (χ2v) is 11.4. The van der Waals surface area contributed by atoms with E-state index < -0.39 is 10.0 Å². The van der Waals surface area contributed by atoms with Gasteiger partial charge >= 0.3 is 0 Å². The molecule has 0 radical (unpaired) electrons. The number of sulfonamides is 1. The molecule has 2 aliphatic heterocycles. The number of methoxy groups -OCH3 is 1. The fourth-order valence-electron chi connectivity index (χ4n) is 3.94. The van der Waals surface area contributed by atoms with Gasteiger partial charge in [-0.3, -0.25) is 9.59 Å². The normalized spacial score (nSPS) is 19.1. The molecular weight excluding hydrogens is 490 g/mol. The number of fused-ring (bicyclic) bond motifs is 1. The molecule has 0 saturated carbocycles. The molecule has 0 aromatic heterocycles. The van der Waals surface area contributed by atoms with Crippen LogP contribution in [0.4, 0.5) is 5.69 Å². The molecule has 0 spiro atoms. The van der Waals surface area contributed by atoms with Crippen LogP contribution >= 0.6 is 11.8 Å². The molecule has 1 fully saturated rings. The van der Waals surface area contributed by atoms with Crippen LogP contribution < -0.4 is 15.0 Å². The van der Waals surface area contributed by atoms with Crippen molar-refractivity contribution in [1.29, 1.82) is 0 Å². The molecule has 2 aromatic carbocycles. The predicted molar refractivity (Wildman–Crippen MR) is 133 cm³/mol. The first-order valence-electron chi connectivity index (χ1n) is 11.4. The molecule has 35 heavy (non-hydrogen) atoms. The Morgan fingerprint density at radius 3 is 2.71 bits per heavy atom. The van der Waals surface area contributed by atoms with Crippen LogP contribution in [0.2, 0.25) is 0 Å². The number of carbonyl (C=O) groups excluding carboxylic acids is 2. The number of benzene rings is 2. The lowest BCUT2D eigenvalue weighted by Gasteiger charge is -2.27. The summed E-state index contributed by atoms with van der Waals surface area (Å²) in [4.78, 5) is 28.3. The summed E-state index contributed by atoms with van der Waals surface area (Å²) in [7, 11) is -2.17. The van der Waals surface area contributed by atoms with E-state index in [4.69, 9.17) is 9.47 Å². The summed E-state index contributed by atoms with van der Waals surface area (Å²) in [6, 6.07) is 12.2. The van der Waals surface area contributed by atoms with Gasteiger partial charge in [0, 0.05) is 36.2 Å². The zero-order valence-corrected chi connectivity index (χ0v) is 21.4. The zero-order valence-electron chi connectivity index (χ0n) is 19.7. The highest BCUT2D eigenvalue weighted by Crippen LogP contribution is 2.38. The van der Waals surface area contributed by atoms with Crippen molar-refractivity contribution in [1.82, 2.24) is 9.62 Å². The summed E-state index contributed by atoms with van der Waals surface area (Å²) in [5.41, 5.74) is 1.30. The maximum absolute atomic E-state index is 13.2. The van der Waals surface area contributed by atoms with Gasteiger partial charge in [0.15, 0.2) is 0 Å². The third kappa shape index (κ3) is 5.80. The largest absolute Gasteiger partial charge is 0.497 e. The molecule has 1 N–H and O–H groups in total. The highest BCUT2D eigenvalue weighted by Gasteiger charge is 2.32. The highest BCUT2D eigenvalue weighted by atomic mass is 32.2. The van der Waals surface area contributed by atoms with Crippen LogP contribution in [0.25, 0.3) is 0 Å². The number of morpholine rings is 1. The Labute approximate surface area is 209 Å². The average molecular weight is 520 g/mol. The molecule has 2 heterocycles.